The second kappa shape index (κ2) is 7.29. The maximum atomic E-state index is 13.2. The van der Waals surface area contributed by atoms with Crippen molar-refractivity contribution in [3.05, 3.63) is 29.8 Å². The van der Waals surface area contributed by atoms with Crippen LogP contribution in [0, 0.1) is 6.92 Å². The largest absolute Gasteiger partial charge is 0.343 e. The molecule has 0 aromatic heterocycles. The van der Waals surface area contributed by atoms with Gasteiger partial charge in [-0.3, -0.25) is 9.69 Å². The number of piperazine rings is 1. The zero-order valence-electron chi connectivity index (χ0n) is 15.9. The fraction of sp³-hybridized carbons (Fsp3) is 0.632. The molecule has 3 rings (SSSR count). The van der Waals surface area contributed by atoms with Gasteiger partial charge in [0.2, 0.25) is 15.9 Å². The van der Waals surface area contributed by atoms with E-state index in [0.29, 0.717) is 50.5 Å². The Bertz CT molecular complexity index is 780. The first-order valence-corrected chi connectivity index (χ1v) is 10.8. The highest BCUT2D eigenvalue weighted by Gasteiger charge is 2.45. The topological polar surface area (TPSA) is 60.9 Å². The van der Waals surface area contributed by atoms with Crippen LogP contribution in [0.4, 0.5) is 0 Å². The normalized spacial score (nSPS) is 26.3. The quantitative estimate of drug-likeness (QED) is 0.802. The number of benzene rings is 1. The van der Waals surface area contributed by atoms with Gasteiger partial charge in [0.05, 0.1) is 4.90 Å². The molecule has 2 aliphatic heterocycles. The average molecular weight is 380 g/mol. The summed E-state index contributed by atoms with van der Waals surface area (Å²) in [6.45, 7) is 6.92. The van der Waals surface area contributed by atoms with Crippen molar-refractivity contribution >= 4 is 15.9 Å². The number of hydrogen-bond donors (Lipinski definition) is 0. The van der Waals surface area contributed by atoms with E-state index >= 15 is 0 Å². The predicted octanol–water partition coefficient (Wildman–Crippen LogP) is 1.70. The molecule has 1 atom stereocenters. The highest BCUT2D eigenvalue weighted by atomic mass is 32.2. The Labute approximate surface area is 156 Å². The Balaban J connectivity index is 1.87. The van der Waals surface area contributed by atoms with Crippen LogP contribution in [0.1, 0.15) is 31.7 Å². The van der Waals surface area contributed by atoms with Crippen LogP contribution in [-0.4, -0.2) is 73.7 Å². The molecule has 7 heteroatoms. The molecule has 1 aromatic carbocycles. The van der Waals surface area contributed by atoms with Crippen molar-refractivity contribution in [3.8, 4) is 0 Å². The van der Waals surface area contributed by atoms with E-state index in [2.05, 4.69) is 11.9 Å². The van der Waals surface area contributed by atoms with E-state index in [1.807, 2.05) is 24.8 Å². The second-order valence-electron chi connectivity index (χ2n) is 7.52. The van der Waals surface area contributed by atoms with Gasteiger partial charge in [-0.05, 0) is 51.4 Å². The third kappa shape index (κ3) is 3.52. The van der Waals surface area contributed by atoms with Gasteiger partial charge in [-0.15, -0.1) is 0 Å². The summed E-state index contributed by atoms with van der Waals surface area (Å²) >= 11 is 0. The fourth-order valence-corrected chi connectivity index (χ4v) is 5.74. The lowest BCUT2D eigenvalue weighted by atomic mass is 9.87. The number of amides is 1. The monoisotopic (exact) mass is 379 g/mol. The van der Waals surface area contributed by atoms with E-state index in [-0.39, 0.29) is 11.4 Å². The van der Waals surface area contributed by atoms with E-state index in [0.717, 1.165) is 12.0 Å². The smallest absolute Gasteiger partial charge is 0.243 e. The van der Waals surface area contributed by atoms with Gasteiger partial charge in [0.15, 0.2) is 0 Å². The highest BCUT2D eigenvalue weighted by molar-refractivity contribution is 7.89. The van der Waals surface area contributed by atoms with E-state index in [1.165, 1.54) is 0 Å². The molecular weight excluding hydrogens is 350 g/mol. The Morgan fingerprint density at radius 2 is 1.92 bits per heavy atom. The number of carbonyl (C=O) groups excluding carboxylic acids is 1. The number of likely N-dealkylation sites (tertiary alicyclic amines) is 1. The standard InChI is InChI=1S/C19H29N3O3S/c1-4-21-11-10-19(9-8-18(21)23)15-22(13-12-20(19)3)26(24,25)17-7-5-6-16(2)14-17/h5-7,14H,4,8-13,15H2,1-3H3/t19-/m0/s1. The van der Waals surface area contributed by atoms with Crippen LogP contribution in [-0.2, 0) is 14.8 Å². The molecule has 0 aliphatic carbocycles. The third-order valence-corrected chi connectivity index (χ3v) is 7.82. The number of rotatable bonds is 3. The van der Waals surface area contributed by atoms with Crippen molar-refractivity contribution in [1.82, 2.24) is 14.1 Å². The molecule has 1 spiro atoms. The van der Waals surface area contributed by atoms with Crippen molar-refractivity contribution in [2.45, 2.75) is 43.5 Å². The third-order valence-electron chi connectivity index (χ3n) is 5.98. The molecule has 0 radical (unpaired) electrons. The lowest BCUT2D eigenvalue weighted by Crippen LogP contribution is -2.62. The SMILES string of the molecule is CCN1CC[C@@]2(CCC1=O)CN(S(=O)(=O)c1cccc(C)c1)CCN2C. The van der Waals surface area contributed by atoms with Gasteiger partial charge >= 0.3 is 0 Å². The summed E-state index contributed by atoms with van der Waals surface area (Å²) in [5.41, 5.74) is 0.669. The molecule has 2 saturated heterocycles. The lowest BCUT2D eigenvalue weighted by molar-refractivity contribution is -0.130. The van der Waals surface area contributed by atoms with E-state index in [4.69, 9.17) is 0 Å². The zero-order chi connectivity index (χ0) is 18.9. The molecule has 1 amide bonds. The fourth-order valence-electron chi connectivity index (χ4n) is 4.12. The molecule has 144 valence electrons. The van der Waals surface area contributed by atoms with E-state index < -0.39 is 10.0 Å². The number of likely N-dealkylation sites (N-methyl/N-ethyl adjacent to an activating group) is 1. The van der Waals surface area contributed by atoms with Crippen LogP contribution in [0.25, 0.3) is 0 Å². The maximum Gasteiger partial charge on any atom is 0.243 e. The van der Waals surface area contributed by atoms with Gasteiger partial charge in [0, 0.05) is 44.7 Å². The summed E-state index contributed by atoms with van der Waals surface area (Å²) in [6, 6.07) is 7.09. The van der Waals surface area contributed by atoms with Crippen LogP contribution >= 0.6 is 0 Å². The molecule has 6 nitrogen and oxygen atoms in total. The van der Waals surface area contributed by atoms with Crippen molar-refractivity contribution < 1.29 is 13.2 Å². The Hall–Kier alpha value is -1.44. The van der Waals surface area contributed by atoms with E-state index in [9.17, 15) is 13.2 Å². The zero-order valence-corrected chi connectivity index (χ0v) is 16.8. The van der Waals surface area contributed by atoms with Crippen molar-refractivity contribution in [1.29, 1.82) is 0 Å². The molecule has 26 heavy (non-hydrogen) atoms. The average Bonchev–Trinajstić information content (AvgIpc) is 2.77. The minimum atomic E-state index is -3.52. The molecule has 2 aliphatic rings. The van der Waals surface area contributed by atoms with Gasteiger partial charge in [-0.2, -0.15) is 4.31 Å². The van der Waals surface area contributed by atoms with Gasteiger partial charge in [0.25, 0.3) is 0 Å². The summed E-state index contributed by atoms with van der Waals surface area (Å²) in [4.78, 5) is 16.8. The number of aryl methyl sites for hydroxylation is 1. The van der Waals surface area contributed by atoms with Gasteiger partial charge in [0.1, 0.15) is 0 Å². The van der Waals surface area contributed by atoms with E-state index in [1.54, 1.807) is 22.5 Å². The van der Waals surface area contributed by atoms with Crippen LogP contribution < -0.4 is 0 Å². The molecule has 1 aromatic rings. The lowest BCUT2D eigenvalue weighted by Gasteiger charge is -2.48. The summed E-state index contributed by atoms with van der Waals surface area (Å²) in [7, 11) is -1.46. The number of carbonyl (C=O) groups is 1. The molecule has 2 fully saturated rings. The van der Waals surface area contributed by atoms with Gasteiger partial charge < -0.3 is 4.90 Å². The summed E-state index contributed by atoms with van der Waals surface area (Å²) in [5.74, 6) is 0.177. The molecule has 0 bridgehead atoms. The highest BCUT2D eigenvalue weighted by Crippen LogP contribution is 2.34. The van der Waals surface area contributed by atoms with Crippen molar-refractivity contribution in [2.24, 2.45) is 0 Å². The first-order valence-electron chi connectivity index (χ1n) is 9.34. The first-order chi connectivity index (χ1) is 12.3. The summed E-state index contributed by atoms with van der Waals surface area (Å²) in [5, 5.41) is 0. The Morgan fingerprint density at radius 1 is 1.15 bits per heavy atom. The first kappa shape index (κ1) is 19.3. The van der Waals surface area contributed by atoms with Crippen LogP contribution in [0.5, 0.6) is 0 Å². The maximum absolute atomic E-state index is 13.2. The van der Waals surface area contributed by atoms with Crippen molar-refractivity contribution in [3.63, 3.8) is 0 Å². The van der Waals surface area contributed by atoms with Gasteiger partial charge in [-0.1, -0.05) is 12.1 Å². The van der Waals surface area contributed by atoms with Gasteiger partial charge in [-0.25, -0.2) is 8.42 Å². The molecule has 2 heterocycles. The summed E-state index contributed by atoms with van der Waals surface area (Å²) < 4.78 is 28.0. The van der Waals surface area contributed by atoms with Crippen molar-refractivity contribution in [2.75, 3.05) is 39.8 Å². The molecular formula is C19H29N3O3S. The molecule has 0 saturated carbocycles. The minimum Gasteiger partial charge on any atom is -0.343 e. The Kier molecular flexibility index (Phi) is 5.42. The predicted molar refractivity (Wildman–Crippen MR) is 101 cm³/mol. The molecule has 0 N–H and O–H groups in total. The Morgan fingerprint density at radius 3 is 2.62 bits per heavy atom. The summed E-state index contributed by atoms with van der Waals surface area (Å²) in [6.07, 6.45) is 2.00. The van der Waals surface area contributed by atoms with Crippen LogP contribution in [0.3, 0.4) is 0 Å². The number of hydrogen-bond acceptors (Lipinski definition) is 4. The number of nitrogens with zero attached hydrogens (tertiary/aromatic N) is 3. The minimum absolute atomic E-state index is 0.177. The second-order valence-corrected chi connectivity index (χ2v) is 9.46. The molecule has 0 unspecified atom stereocenters. The van der Waals surface area contributed by atoms with Crippen LogP contribution in [0.15, 0.2) is 29.2 Å². The number of sulfonamides is 1. The van der Waals surface area contributed by atoms with Crippen LogP contribution in [0.2, 0.25) is 0 Å².